The summed E-state index contributed by atoms with van der Waals surface area (Å²) in [5, 5.41) is 17.9. The number of benzene rings is 1. The first kappa shape index (κ1) is 13.2. The molecule has 0 radical (unpaired) electrons. The minimum atomic E-state index is -2.03. The number of methoxy groups -OCH3 is 2. The molecule has 7 heteroatoms. The normalized spacial score (nSPS) is 12.1. The van der Waals surface area contributed by atoms with E-state index in [0.29, 0.717) is 6.07 Å². The Hall–Kier alpha value is -1.89. The number of carboxylic acids is 1. The Labute approximate surface area is 95.2 Å². The van der Waals surface area contributed by atoms with Crippen molar-refractivity contribution in [1.82, 2.24) is 0 Å². The van der Waals surface area contributed by atoms with Crippen LogP contribution in [-0.2, 0) is 4.79 Å². The number of rotatable bonds is 4. The summed E-state index contributed by atoms with van der Waals surface area (Å²) >= 11 is 0. The Balaban J connectivity index is 3.49. The minimum absolute atomic E-state index is 0.360. The number of hydrogen-bond donors (Lipinski definition) is 2. The highest BCUT2D eigenvalue weighted by molar-refractivity contribution is 5.76. The van der Waals surface area contributed by atoms with Crippen LogP contribution < -0.4 is 9.47 Å². The van der Waals surface area contributed by atoms with Gasteiger partial charge in [0.1, 0.15) is 0 Å². The molecule has 94 valence electrons. The highest BCUT2D eigenvalue weighted by Gasteiger charge is 2.27. The summed E-state index contributed by atoms with van der Waals surface area (Å²) in [4.78, 5) is 10.6. The highest BCUT2D eigenvalue weighted by atomic mass is 19.2. The lowest BCUT2D eigenvalue weighted by Crippen LogP contribution is -2.13. The third-order valence-electron chi connectivity index (χ3n) is 2.10. The Kier molecular flexibility index (Phi) is 3.84. The Morgan fingerprint density at radius 3 is 2.24 bits per heavy atom. The standard InChI is InChI=1S/C10H10F2O5/c1-16-8-4(7(13)10(14)15)3-5(11)6(12)9(8)17-2/h3,7,13H,1-2H3,(H,14,15). The molecule has 0 amide bonds. The first-order valence-corrected chi connectivity index (χ1v) is 4.44. The van der Waals surface area contributed by atoms with Gasteiger partial charge >= 0.3 is 5.97 Å². The molecule has 0 aliphatic heterocycles. The maximum atomic E-state index is 13.3. The largest absolute Gasteiger partial charge is 0.492 e. The maximum Gasteiger partial charge on any atom is 0.337 e. The van der Waals surface area contributed by atoms with E-state index < -0.39 is 35.0 Å². The quantitative estimate of drug-likeness (QED) is 0.834. The minimum Gasteiger partial charge on any atom is -0.492 e. The zero-order valence-electron chi connectivity index (χ0n) is 9.03. The van der Waals surface area contributed by atoms with Crippen LogP contribution in [0.25, 0.3) is 0 Å². The van der Waals surface area contributed by atoms with Crippen molar-refractivity contribution in [2.45, 2.75) is 6.10 Å². The molecule has 0 saturated heterocycles. The molecule has 1 aromatic rings. The summed E-state index contributed by atoms with van der Waals surface area (Å²) in [7, 11) is 2.19. The molecule has 17 heavy (non-hydrogen) atoms. The van der Waals surface area contributed by atoms with Crippen LogP contribution in [0, 0.1) is 11.6 Å². The number of hydrogen-bond acceptors (Lipinski definition) is 4. The van der Waals surface area contributed by atoms with Crippen LogP contribution in [-0.4, -0.2) is 30.4 Å². The number of aliphatic hydroxyl groups excluding tert-OH is 1. The van der Waals surface area contributed by atoms with E-state index in [9.17, 15) is 18.7 Å². The number of carbonyl (C=O) groups is 1. The van der Waals surface area contributed by atoms with Gasteiger partial charge in [0.15, 0.2) is 23.4 Å². The molecule has 0 fully saturated rings. The molecular formula is C10H10F2O5. The molecule has 0 spiro atoms. The lowest BCUT2D eigenvalue weighted by atomic mass is 10.1. The van der Waals surface area contributed by atoms with Crippen LogP contribution in [0.15, 0.2) is 6.07 Å². The lowest BCUT2D eigenvalue weighted by Gasteiger charge is -2.15. The summed E-state index contributed by atoms with van der Waals surface area (Å²) in [5.74, 6) is -5.22. The highest BCUT2D eigenvalue weighted by Crippen LogP contribution is 2.38. The first-order valence-electron chi connectivity index (χ1n) is 4.44. The zero-order chi connectivity index (χ0) is 13.2. The van der Waals surface area contributed by atoms with Gasteiger partial charge in [-0.2, -0.15) is 4.39 Å². The van der Waals surface area contributed by atoms with Crippen LogP contribution in [0.5, 0.6) is 11.5 Å². The number of carboxylic acid groups (broad SMARTS) is 1. The van der Waals surface area contributed by atoms with E-state index in [0.717, 1.165) is 14.2 Å². The topological polar surface area (TPSA) is 76.0 Å². The smallest absolute Gasteiger partial charge is 0.337 e. The van der Waals surface area contributed by atoms with Crippen molar-refractivity contribution in [1.29, 1.82) is 0 Å². The average Bonchev–Trinajstić information content (AvgIpc) is 2.30. The van der Waals surface area contributed by atoms with E-state index in [-0.39, 0.29) is 5.75 Å². The Bertz CT molecular complexity index is 447. The first-order chi connectivity index (χ1) is 7.93. The SMILES string of the molecule is COc1c(C(O)C(=O)O)cc(F)c(F)c1OC. The van der Waals surface area contributed by atoms with Gasteiger partial charge in [-0.1, -0.05) is 0 Å². The summed E-state index contributed by atoms with van der Waals surface area (Å²) in [6.45, 7) is 0. The van der Waals surface area contributed by atoms with Gasteiger partial charge in [0.2, 0.25) is 5.82 Å². The second-order valence-corrected chi connectivity index (χ2v) is 3.07. The predicted molar refractivity (Wildman–Crippen MR) is 52.1 cm³/mol. The van der Waals surface area contributed by atoms with Gasteiger partial charge in [-0.3, -0.25) is 0 Å². The fourth-order valence-corrected chi connectivity index (χ4v) is 1.33. The molecule has 0 aliphatic carbocycles. The second kappa shape index (κ2) is 4.96. The van der Waals surface area contributed by atoms with Gasteiger partial charge in [0, 0.05) is 5.56 Å². The van der Waals surface area contributed by atoms with E-state index in [1.54, 1.807) is 0 Å². The van der Waals surface area contributed by atoms with Crippen LogP contribution in [0.4, 0.5) is 8.78 Å². The van der Waals surface area contributed by atoms with Gasteiger partial charge in [-0.25, -0.2) is 9.18 Å². The molecule has 1 rings (SSSR count). The zero-order valence-corrected chi connectivity index (χ0v) is 9.03. The van der Waals surface area contributed by atoms with Gasteiger partial charge in [0.25, 0.3) is 0 Å². The number of halogens is 2. The number of aliphatic hydroxyl groups is 1. The van der Waals surface area contributed by atoms with Crippen molar-refractivity contribution in [3.05, 3.63) is 23.3 Å². The molecule has 0 heterocycles. The molecule has 1 atom stereocenters. The molecule has 5 nitrogen and oxygen atoms in total. The molecule has 1 unspecified atom stereocenters. The van der Waals surface area contributed by atoms with E-state index in [1.807, 2.05) is 0 Å². The summed E-state index contributed by atoms with van der Waals surface area (Å²) in [6.07, 6.45) is -2.03. The fraction of sp³-hybridized carbons (Fsp3) is 0.300. The van der Waals surface area contributed by atoms with Crippen molar-refractivity contribution in [2.75, 3.05) is 14.2 Å². The van der Waals surface area contributed by atoms with Crippen molar-refractivity contribution >= 4 is 5.97 Å². The molecule has 2 N–H and O–H groups in total. The van der Waals surface area contributed by atoms with E-state index >= 15 is 0 Å². The summed E-state index contributed by atoms with van der Waals surface area (Å²) < 4.78 is 35.7. The third-order valence-corrected chi connectivity index (χ3v) is 2.10. The van der Waals surface area contributed by atoms with Gasteiger partial charge in [-0.05, 0) is 6.07 Å². The van der Waals surface area contributed by atoms with E-state index in [1.165, 1.54) is 0 Å². The second-order valence-electron chi connectivity index (χ2n) is 3.07. The van der Waals surface area contributed by atoms with Gasteiger partial charge in [0.05, 0.1) is 14.2 Å². The van der Waals surface area contributed by atoms with Crippen molar-refractivity contribution < 1.29 is 33.3 Å². The number of aliphatic carboxylic acids is 1. The summed E-state index contributed by atoms with van der Waals surface area (Å²) in [6, 6.07) is 0.551. The third kappa shape index (κ3) is 2.28. The molecule has 0 aliphatic rings. The lowest BCUT2D eigenvalue weighted by molar-refractivity contribution is -0.147. The van der Waals surface area contributed by atoms with Gasteiger partial charge in [-0.15, -0.1) is 0 Å². The fourth-order valence-electron chi connectivity index (χ4n) is 1.33. The van der Waals surface area contributed by atoms with Crippen LogP contribution in [0.2, 0.25) is 0 Å². The van der Waals surface area contributed by atoms with Crippen molar-refractivity contribution in [3.63, 3.8) is 0 Å². The Morgan fingerprint density at radius 2 is 1.82 bits per heavy atom. The molecule has 0 aromatic heterocycles. The van der Waals surface area contributed by atoms with Crippen LogP contribution in [0.3, 0.4) is 0 Å². The van der Waals surface area contributed by atoms with Crippen molar-refractivity contribution in [3.8, 4) is 11.5 Å². The molecule has 0 saturated carbocycles. The maximum absolute atomic E-state index is 13.3. The predicted octanol–water partition coefficient (Wildman–Crippen LogP) is 1.10. The van der Waals surface area contributed by atoms with E-state index in [4.69, 9.17) is 9.84 Å². The monoisotopic (exact) mass is 248 g/mol. The molecule has 1 aromatic carbocycles. The van der Waals surface area contributed by atoms with Crippen LogP contribution in [0.1, 0.15) is 11.7 Å². The number of ether oxygens (including phenoxy) is 2. The molecule has 0 bridgehead atoms. The van der Waals surface area contributed by atoms with Gasteiger partial charge < -0.3 is 19.7 Å². The summed E-state index contributed by atoms with van der Waals surface area (Å²) in [5.41, 5.74) is -0.421. The van der Waals surface area contributed by atoms with Crippen molar-refractivity contribution in [2.24, 2.45) is 0 Å². The molecular weight excluding hydrogens is 238 g/mol. The average molecular weight is 248 g/mol. The van der Waals surface area contributed by atoms with Crippen LogP contribution >= 0.6 is 0 Å². The van der Waals surface area contributed by atoms with E-state index in [2.05, 4.69) is 4.74 Å². The Morgan fingerprint density at radius 1 is 1.29 bits per heavy atom.